The van der Waals surface area contributed by atoms with E-state index < -0.39 is 18.3 Å². The SMILES string of the molecule is [C-]#[N+]c1c(C(OO)C2C(C)CC(C)CC2C)c2nc(-c3ccc(C)cc3)[nH]n2c1C(=O)N1CCOCC1.[C-]#[N+]c1c(C(OO)C2C(C)CC(C)CC2C)c2nc(-c3ccc(C)cc3)[nH]n2c1C(=O)N1CCOCC1.[C-]#[N+]c1c(C(OO)C2C(C)CC(C)CC2C)c2nc(-c3ccc(C)cc3)[nH]n2c1C(=O)N1CCOCC1.[C-]#[N+]c1c(CC2C(C)CC(C)CC2C)c2nc(-c3ccc(C)cc3)[nH]n2c1C(=O)N1CCC(COOC)CC1. The third-order valence-corrected chi connectivity index (χ3v) is 33.5. The van der Waals surface area contributed by atoms with E-state index in [1.807, 2.05) is 111 Å². The van der Waals surface area contributed by atoms with Crippen molar-refractivity contribution in [1.82, 2.24) is 78.0 Å². The molecular formula is C115H146N20O15. The minimum atomic E-state index is -0.781. The number of ether oxygens (including phenoxy) is 3. The Balaban J connectivity index is 0.000000136. The Labute approximate surface area is 877 Å². The molecule has 150 heavy (non-hydrogen) atoms. The maximum atomic E-state index is 14.0. The summed E-state index contributed by atoms with van der Waals surface area (Å²) >= 11 is 0. The zero-order valence-corrected chi connectivity index (χ0v) is 89.6. The van der Waals surface area contributed by atoms with Gasteiger partial charge in [0.2, 0.25) is 22.7 Å². The van der Waals surface area contributed by atoms with Crippen molar-refractivity contribution in [3.05, 3.63) is 210 Å². The molecular weight excluding hydrogens is 1900 g/mol. The van der Waals surface area contributed by atoms with Gasteiger partial charge in [0.15, 0.2) is 23.3 Å². The van der Waals surface area contributed by atoms with Crippen LogP contribution in [0.2, 0.25) is 0 Å². The lowest BCUT2D eigenvalue weighted by molar-refractivity contribution is -0.302. The number of benzene rings is 4. The largest absolute Gasteiger partial charge is 0.378 e. The molecule has 0 radical (unpaired) electrons. The first-order valence-corrected chi connectivity index (χ1v) is 53.6. The summed E-state index contributed by atoms with van der Waals surface area (Å²) in [4.78, 5) is 123. The number of piperidine rings is 1. The van der Waals surface area contributed by atoms with E-state index in [1.165, 1.54) is 25.5 Å². The van der Waals surface area contributed by atoms with Crippen LogP contribution >= 0.6 is 0 Å². The summed E-state index contributed by atoms with van der Waals surface area (Å²) in [5.41, 5.74) is 14.6. The van der Waals surface area contributed by atoms with Gasteiger partial charge >= 0.3 is 0 Å². The molecule has 35 heteroatoms. The van der Waals surface area contributed by atoms with E-state index in [2.05, 4.69) is 142 Å². The van der Waals surface area contributed by atoms with Gasteiger partial charge in [-0.2, -0.15) is 0 Å². The number of hydrogen-bond donors (Lipinski definition) is 7. The van der Waals surface area contributed by atoms with Crippen molar-refractivity contribution in [1.29, 1.82) is 0 Å². The summed E-state index contributed by atoms with van der Waals surface area (Å²) in [6, 6.07) is 32.1. The minimum absolute atomic E-state index is 0.0289. The first kappa shape index (κ1) is 109. The summed E-state index contributed by atoms with van der Waals surface area (Å²) in [5.74, 6) is 7.43. The topological polar surface area (TPSA) is 366 Å². The summed E-state index contributed by atoms with van der Waals surface area (Å²) in [5, 5.41) is 44.1. The van der Waals surface area contributed by atoms with Crippen LogP contribution in [-0.2, 0) is 45.1 Å². The van der Waals surface area contributed by atoms with Gasteiger partial charge in [-0.05, 0) is 199 Å². The molecule has 4 aromatic carbocycles. The number of aromatic nitrogens is 12. The fraction of sp³-hybridized carbons (Fsp3) is 0.548. The highest BCUT2D eigenvalue weighted by atomic mass is 17.2. The van der Waals surface area contributed by atoms with Crippen molar-refractivity contribution < 1.29 is 73.6 Å². The Bertz CT molecular complexity index is 6400. The van der Waals surface area contributed by atoms with Crippen LogP contribution in [0.5, 0.6) is 0 Å². The molecule has 4 aliphatic heterocycles. The lowest BCUT2D eigenvalue weighted by atomic mass is 9.66. The van der Waals surface area contributed by atoms with Crippen LogP contribution in [0.3, 0.4) is 0 Å². The first-order valence-electron chi connectivity index (χ1n) is 53.6. The zero-order chi connectivity index (χ0) is 106. The van der Waals surface area contributed by atoms with Gasteiger partial charge in [0.1, 0.15) is 63.7 Å². The molecule has 11 unspecified atom stereocenters. The molecule has 4 saturated carbocycles. The van der Waals surface area contributed by atoms with E-state index in [0.29, 0.717) is 220 Å². The number of rotatable bonds is 22. The van der Waals surface area contributed by atoms with Crippen LogP contribution in [0.4, 0.5) is 22.7 Å². The summed E-state index contributed by atoms with van der Waals surface area (Å²) < 4.78 is 23.0. The van der Waals surface area contributed by atoms with Crippen LogP contribution in [0.25, 0.3) is 87.5 Å². The summed E-state index contributed by atoms with van der Waals surface area (Å²) in [7, 11) is 1.52. The highest BCUT2D eigenvalue weighted by Gasteiger charge is 2.49. The number of aromatic amines is 4. The van der Waals surface area contributed by atoms with Crippen molar-refractivity contribution in [2.45, 2.75) is 200 Å². The second kappa shape index (κ2) is 47.4. The smallest absolute Gasteiger partial charge is 0.262 e. The van der Waals surface area contributed by atoms with E-state index >= 15 is 0 Å². The standard InChI is InChI=1S/C31H41N5O3.3C28H35N5O4/c1-19-7-9-24(10-8-19)29-33-30-26(17-25-21(3)15-20(2)16-22(25)4)27(32-5)28(36(30)34-29)31(37)35-13-11-23(12-14-35)18-39-38-6;3*1-16-6-8-20(9-7-16)26-30-27-22(25(37-35)21-18(3)14-17(2)15-19(21)4)23(29-5)24(33(27)31-26)28(34)32-10-12-36-13-11-32/h7-10,20-23,25H,11-18H2,1-4,6H3,(H,33,34);3*6-9,17-19,21,25,35H,10-15H2,1-4H3,(H,30,31). The number of amides is 4. The van der Waals surface area contributed by atoms with Crippen molar-refractivity contribution in [3.63, 3.8) is 0 Å². The van der Waals surface area contributed by atoms with E-state index in [9.17, 15) is 34.9 Å². The number of H-pyrrole nitrogens is 4. The number of hydrogen-bond acceptors (Lipinski definition) is 19. The molecule has 11 atom stereocenters. The molecule has 0 bridgehead atoms. The predicted octanol–water partition coefficient (Wildman–Crippen LogP) is 23.0. The molecule has 4 saturated heterocycles. The molecule has 8 fully saturated rings. The first-order chi connectivity index (χ1) is 72.3. The summed E-state index contributed by atoms with van der Waals surface area (Å²) in [6.45, 7) is 74.6. The average molecular weight is 2050 g/mol. The molecule has 8 aromatic heterocycles. The maximum Gasteiger partial charge on any atom is 0.262 e. The maximum absolute atomic E-state index is 14.0. The van der Waals surface area contributed by atoms with E-state index in [-0.39, 0.29) is 111 Å². The molecule has 7 N–H and O–H groups in total. The molecule has 35 nitrogen and oxygen atoms in total. The number of morpholine rings is 3. The second-order valence-electron chi connectivity index (χ2n) is 44.5. The molecule has 0 spiro atoms. The van der Waals surface area contributed by atoms with Gasteiger partial charge in [0.05, 0.1) is 79.6 Å². The lowest BCUT2D eigenvalue weighted by Gasteiger charge is -2.41. The van der Waals surface area contributed by atoms with Gasteiger partial charge in [-0.3, -0.25) is 55.3 Å². The van der Waals surface area contributed by atoms with Crippen LogP contribution < -0.4 is 0 Å². The van der Waals surface area contributed by atoms with Gasteiger partial charge in [0, 0.05) is 96.9 Å². The number of carbonyl (C=O) groups excluding carboxylic acids is 4. The Morgan fingerprint density at radius 3 is 0.853 bits per heavy atom. The molecule has 4 amide bonds. The van der Waals surface area contributed by atoms with Gasteiger partial charge < -0.3 is 33.8 Å². The predicted molar refractivity (Wildman–Crippen MR) is 570 cm³/mol. The molecule has 12 aromatic rings. The Hall–Kier alpha value is -12.7. The molecule has 12 heterocycles. The van der Waals surface area contributed by atoms with Crippen LogP contribution in [0, 0.1) is 155 Å². The quantitative estimate of drug-likeness (QED) is 0.0188. The molecule has 20 rings (SSSR count). The van der Waals surface area contributed by atoms with E-state index in [4.69, 9.17) is 84.9 Å². The Morgan fingerprint density at radius 1 is 0.360 bits per heavy atom. The highest BCUT2D eigenvalue weighted by molar-refractivity contribution is 6.05. The molecule has 8 aliphatic rings. The molecule has 4 aliphatic carbocycles. The Morgan fingerprint density at radius 2 is 0.600 bits per heavy atom. The second-order valence-corrected chi connectivity index (χ2v) is 44.5. The third-order valence-electron chi connectivity index (χ3n) is 33.5. The van der Waals surface area contributed by atoms with Crippen LogP contribution in [0.15, 0.2) is 97.1 Å². The summed E-state index contributed by atoms with van der Waals surface area (Å²) in [6.07, 6.45) is 8.55. The van der Waals surface area contributed by atoms with Crippen LogP contribution in [0.1, 0.15) is 252 Å². The molecule has 796 valence electrons. The Kier molecular flexibility index (Phi) is 34.3. The minimum Gasteiger partial charge on any atom is -0.378 e. The van der Waals surface area contributed by atoms with Gasteiger partial charge in [-0.25, -0.2) is 81.8 Å². The zero-order valence-electron chi connectivity index (χ0n) is 89.6. The third kappa shape index (κ3) is 22.2. The highest BCUT2D eigenvalue weighted by Crippen LogP contribution is 2.55. The van der Waals surface area contributed by atoms with Crippen molar-refractivity contribution >= 4 is 69.0 Å². The van der Waals surface area contributed by atoms with Crippen molar-refractivity contribution in [2.24, 2.45) is 101 Å². The van der Waals surface area contributed by atoms with E-state index in [0.717, 1.165) is 102 Å². The average Bonchev–Trinajstić information content (AvgIpc) is 1.59. The van der Waals surface area contributed by atoms with Gasteiger partial charge in [-0.1, -0.05) is 202 Å². The number of fused-ring (bicyclic) bond motifs is 4. The van der Waals surface area contributed by atoms with Crippen LogP contribution in [-0.4, -0.2) is 223 Å². The number of likely N-dealkylation sites (tertiary alicyclic amines) is 1. The fourth-order valence-corrected chi connectivity index (χ4v) is 26.4. The monoisotopic (exact) mass is 2050 g/mol. The van der Waals surface area contributed by atoms with Crippen molar-refractivity contribution in [2.75, 3.05) is 106 Å². The fourth-order valence-electron chi connectivity index (χ4n) is 26.4. The van der Waals surface area contributed by atoms with Gasteiger partial charge in [0.25, 0.3) is 23.6 Å². The van der Waals surface area contributed by atoms with Crippen molar-refractivity contribution in [3.8, 4) is 45.6 Å². The number of nitrogens with zero attached hydrogens (tertiary/aromatic N) is 16. The lowest BCUT2D eigenvalue weighted by Crippen LogP contribution is -2.41. The van der Waals surface area contributed by atoms with E-state index in [1.54, 1.807) is 32.8 Å². The number of nitrogens with one attached hydrogen (secondary N) is 4. The number of carbonyl (C=O) groups is 4. The normalized spacial score (nSPS) is 25.0. The number of aryl methyl sites for hydroxylation is 4. The van der Waals surface area contributed by atoms with Gasteiger partial charge in [-0.15, -0.1) is 0 Å².